The molecule has 1 fully saturated rings. The van der Waals surface area contributed by atoms with Crippen LogP contribution in [0.3, 0.4) is 0 Å². The lowest BCUT2D eigenvalue weighted by Crippen LogP contribution is -2.46. The molecule has 1 heterocycles. The van der Waals surface area contributed by atoms with Crippen molar-refractivity contribution in [3.8, 4) is 0 Å². The van der Waals surface area contributed by atoms with Crippen LogP contribution in [-0.4, -0.2) is 32.9 Å². The second-order valence-electron chi connectivity index (χ2n) is 9.15. The van der Waals surface area contributed by atoms with Crippen LogP contribution in [0.2, 0.25) is 10.0 Å². The van der Waals surface area contributed by atoms with Gasteiger partial charge in [-0.1, -0.05) is 51.3 Å². The molecule has 4 rings (SSSR count). The Morgan fingerprint density at radius 1 is 1.05 bits per heavy atom. The Hall–Kier alpha value is -2.59. The van der Waals surface area contributed by atoms with Crippen LogP contribution in [0.25, 0.3) is 0 Å². The van der Waals surface area contributed by atoms with Crippen molar-refractivity contribution in [3.05, 3.63) is 85.3 Å². The van der Waals surface area contributed by atoms with Crippen LogP contribution in [-0.2, 0) is 19.6 Å². The summed E-state index contributed by atoms with van der Waals surface area (Å²) in [6.07, 6.45) is -0.0931. The van der Waals surface area contributed by atoms with Gasteiger partial charge in [-0.2, -0.15) is 0 Å². The van der Waals surface area contributed by atoms with Gasteiger partial charge >= 0.3 is 5.97 Å². The number of hydrogen-bond donors (Lipinski definition) is 1. The van der Waals surface area contributed by atoms with E-state index in [4.69, 9.17) is 27.9 Å². The molecule has 38 heavy (non-hydrogen) atoms. The third kappa shape index (κ3) is 6.01. The molecule has 3 aromatic rings. The van der Waals surface area contributed by atoms with E-state index in [1.165, 1.54) is 6.07 Å². The monoisotopic (exact) mass is 638 g/mol. The molecule has 0 aliphatic carbocycles. The molecule has 1 N–H and O–H groups in total. The fourth-order valence-corrected chi connectivity index (χ4v) is 7.09. The Morgan fingerprint density at radius 2 is 1.74 bits per heavy atom. The number of hydrogen-bond acceptors (Lipinski definition) is 5. The zero-order chi connectivity index (χ0) is 27.8. The second-order valence-corrected chi connectivity index (χ2v) is 12.5. The van der Waals surface area contributed by atoms with E-state index in [9.17, 15) is 18.0 Å². The number of rotatable bonds is 6. The number of anilines is 2. The predicted octanol–water partition coefficient (Wildman–Crippen LogP) is 6.83. The Labute approximate surface area is 240 Å². The van der Waals surface area contributed by atoms with E-state index >= 15 is 0 Å². The molecule has 0 aromatic heterocycles. The number of esters is 1. The lowest BCUT2D eigenvalue weighted by atomic mass is 10.0. The summed E-state index contributed by atoms with van der Waals surface area (Å²) in [6.45, 7) is 6.14. The van der Waals surface area contributed by atoms with Gasteiger partial charge in [-0.15, -0.1) is 0 Å². The van der Waals surface area contributed by atoms with Gasteiger partial charge in [0, 0.05) is 22.4 Å². The summed E-state index contributed by atoms with van der Waals surface area (Å²) in [5.41, 5.74) is 3.59. The van der Waals surface area contributed by atoms with Gasteiger partial charge < -0.3 is 9.64 Å². The molecule has 200 valence electrons. The standard InChI is InChI=1S/C27H25BrCl2N2O5S/c1-15-6-4-7-19(10-15)31-38(35,36)24-13-20(21(29)14-22(24)30)27(34)37-23-8-5-9-32(26(23)33)25-16(2)11-18(28)12-17(25)3/h4,6-7,10-14,23,31H,5,8-9H2,1-3H3. The van der Waals surface area contributed by atoms with E-state index in [1.807, 2.05) is 39.0 Å². The summed E-state index contributed by atoms with van der Waals surface area (Å²) in [6, 6.07) is 12.9. The molecular formula is C27H25BrCl2N2O5S. The van der Waals surface area contributed by atoms with E-state index in [1.54, 1.807) is 23.1 Å². The summed E-state index contributed by atoms with van der Waals surface area (Å²) in [4.78, 5) is 27.8. The predicted molar refractivity (Wildman–Crippen MR) is 153 cm³/mol. The minimum Gasteiger partial charge on any atom is -0.449 e. The van der Waals surface area contributed by atoms with Gasteiger partial charge in [0.25, 0.3) is 15.9 Å². The summed E-state index contributed by atoms with van der Waals surface area (Å²) >= 11 is 15.9. The Bertz CT molecular complexity index is 1520. The van der Waals surface area contributed by atoms with Crippen LogP contribution in [0.15, 0.2) is 57.9 Å². The highest BCUT2D eigenvalue weighted by Crippen LogP contribution is 2.34. The number of amides is 1. The maximum absolute atomic E-state index is 13.4. The van der Waals surface area contributed by atoms with Crippen LogP contribution in [0.5, 0.6) is 0 Å². The molecule has 1 aliphatic heterocycles. The van der Waals surface area contributed by atoms with Crippen LogP contribution in [0.4, 0.5) is 11.4 Å². The molecule has 0 bridgehead atoms. The maximum atomic E-state index is 13.4. The Morgan fingerprint density at radius 3 is 2.39 bits per heavy atom. The fraction of sp³-hybridized carbons (Fsp3) is 0.259. The van der Waals surface area contributed by atoms with Gasteiger partial charge in [0.15, 0.2) is 6.10 Å². The van der Waals surface area contributed by atoms with Gasteiger partial charge in [-0.3, -0.25) is 9.52 Å². The highest BCUT2D eigenvalue weighted by atomic mass is 79.9. The molecule has 1 aliphatic rings. The minimum atomic E-state index is -4.16. The number of ether oxygens (including phenoxy) is 1. The topological polar surface area (TPSA) is 92.8 Å². The molecule has 11 heteroatoms. The number of sulfonamides is 1. The van der Waals surface area contributed by atoms with Crippen molar-refractivity contribution in [3.63, 3.8) is 0 Å². The zero-order valence-corrected chi connectivity index (χ0v) is 24.8. The number of benzene rings is 3. The Kier molecular flexibility index (Phi) is 8.42. The number of carbonyl (C=O) groups excluding carboxylic acids is 2. The first-order valence-corrected chi connectivity index (χ1v) is 14.8. The number of piperidine rings is 1. The van der Waals surface area contributed by atoms with Gasteiger partial charge in [0.2, 0.25) is 0 Å². The molecule has 1 amide bonds. The molecule has 0 spiro atoms. The Balaban J connectivity index is 1.59. The minimum absolute atomic E-state index is 0.0887. The van der Waals surface area contributed by atoms with E-state index in [-0.39, 0.29) is 26.4 Å². The van der Waals surface area contributed by atoms with Gasteiger partial charge in [0.1, 0.15) is 4.90 Å². The quantitative estimate of drug-likeness (QED) is 0.298. The fourth-order valence-electron chi connectivity index (χ4n) is 4.51. The van der Waals surface area contributed by atoms with E-state index in [2.05, 4.69) is 20.7 Å². The summed E-state index contributed by atoms with van der Waals surface area (Å²) in [7, 11) is -4.16. The third-order valence-electron chi connectivity index (χ3n) is 6.17. The smallest absolute Gasteiger partial charge is 0.340 e. The van der Waals surface area contributed by atoms with Crippen LogP contribution in [0.1, 0.15) is 39.9 Å². The summed E-state index contributed by atoms with van der Waals surface area (Å²) in [5.74, 6) is -1.26. The summed E-state index contributed by atoms with van der Waals surface area (Å²) in [5, 5.41) is -0.248. The van der Waals surface area contributed by atoms with Crippen LogP contribution < -0.4 is 9.62 Å². The third-order valence-corrected chi connectivity index (χ3v) is 8.78. The SMILES string of the molecule is Cc1cccc(NS(=O)(=O)c2cc(C(=O)OC3CCCN(c4c(C)cc(Br)cc4C)C3=O)c(Cl)cc2Cl)c1. The first kappa shape index (κ1) is 28.4. The molecule has 0 saturated carbocycles. The van der Waals surface area contributed by atoms with Crippen molar-refractivity contribution in [2.24, 2.45) is 0 Å². The van der Waals surface area contributed by atoms with Gasteiger partial charge in [-0.25, -0.2) is 13.2 Å². The van der Waals surface area contributed by atoms with Crippen molar-refractivity contribution in [2.75, 3.05) is 16.2 Å². The number of aryl methyl sites for hydroxylation is 3. The maximum Gasteiger partial charge on any atom is 0.340 e. The van der Waals surface area contributed by atoms with E-state index in [0.29, 0.717) is 25.1 Å². The number of nitrogens with zero attached hydrogens (tertiary/aromatic N) is 1. The molecule has 7 nitrogen and oxygen atoms in total. The number of halogens is 3. The molecule has 1 saturated heterocycles. The van der Waals surface area contributed by atoms with Crippen molar-refractivity contribution >= 4 is 72.4 Å². The number of nitrogens with one attached hydrogen (secondary N) is 1. The van der Waals surface area contributed by atoms with Crippen LogP contribution >= 0.6 is 39.1 Å². The lowest BCUT2D eigenvalue weighted by molar-refractivity contribution is -0.129. The highest BCUT2D eigenvalue weighted by Gasteiger charge is 2.35. The van der Waals surface area contributed by atoms with Crippen molar-refractivity contribution < 1.29 is 22.7 Å². The second kappa shape index (κ2) is 11.3. The average molecular weight is 640 g/mol. The zero-order valence-electron chi connectivity index (χ0n) is 20.8. The van der Waals surface area contributed by atoms with Gasteiger partial charge in [0.05, 0.1) is 15.6 Å². The summed E-state index contributed by atoms with van der Waals surface area (Å²) < 4.78 is 35.1. The van der Waals surface area contributed by atoms with Crippen molar-refractivity contribution in [2.45, 2.75) is 44.6 Å². The average Bonchev–Trinajstić information content (AvgIpc) is 2.80. The first-order valence-electron chi connectivity index (χ1n) is 11.7. The van der Waals surface area contributed by atoms with E-state index < -0.39 is 22.1 Å². The lowest BCUT2D eigenvalue weighted by Gasteiger charge is -2.34. The van der Waals surface area contributed by atoms with Gasteiger partial charge in [-0.05, 0) is 86.7 Å². The van der Waals surface area contributed by atoms with Crippen molar-refractivity contribution in [1.82, 2.24) is 0 Å². The van der Waals surface area contributed by atoms with Crippen molar-refractivity contribution in [1.29, 1.82) is 0 Å². The molecule has 1 unspecified atom stereocenters. The normalized spacial score (nSPS) is 15.9. The van der Waals surface area contributed by atoms with Crippen LogP contribution in [0, 0.1) is 20.8 Å². The molecule has 1 atom stereocenters. The highest BCUT2D eigenvalue weighted by molar-refractivity contribution is 9.10. The number of carbonyl (C=O) groups is 2. The van der Waals surface area contributed by atoms with E-state index in [0.717, 1.165) is 32.9 Å². The molecular weight excluding hydrogens is 615 g/mol. The molecule has 3 aromatic carbocycles. The first-order chi connectivity index (χ1) is 17.9. The molecule has 0 radical (unpaired) electrons. The largest absolute Gasteiger partial charge is 0.449 e.